The van der Waals surface area contributed by atoms with Gasteiger partial charge < -0.3 is 10.2 Å². The van der Waals surface area contributed by atoms with Crippen molar-refractivity contribution in [1.29, 1.82) is 4.78 Å². The number of rotatable bonds is 3. The number of urea groups is 1. The van der Waals surface area contributed by atoms with E-state index < -0.39 is 15.9 Å². The van der Waals surface area contributed by atoms with Crippen molar-refractivity contribution in [1.82, 2.24) is 14.5 Å². The molecule has 1 atom stereocenters. The van der Waals surface area contributed by atoms with Gasteiger partial charge in [0, 0.05) is 25.8 Å². The predicted molar refractivity (Wildman–Crippen MR) is 112 cm³/mol. The largest absolute Gasteiger partial charge is 0.359 e. The summed E-state index contributed by atoms with van der Waals surface area (Å²) in [5, 5.41) is 7.23. The number of carbonyl (C=O) groups is 1. The Hall–Kier alpha value is -2.55. The first-order valence-electron chi connectivity index (χ1n) is 10.2. The lowest BCUT2D eigenvalue weighted by molar-refractivity contribution is 0.256. The molecule has 0 spiro atoms. The summed E-state index contributed by atoms with van der Waals surface area (Å²) in [7, 11) is -1.63. The molecule has 29 heavy (non-hydrogen) atoms. The minimum absolute atomic E-state index is 0.262. The number of hydrogen-bond acceptors (Lipinski definition) is 5. The van der Waals surface area contributed by atoms with E-state index in [1.165, 1.54) is 28.5 Å². The van der Waals surface area contributed by atoms with Crippen LogP contribution in [0.5, 0.6) is 0 Å². The summed E-state index contributed by atoms with van der Waals surface area (Å²) in [6, 6.07) is 1.72. The van der Waals surface area contributed by atoms with Crippen LogP contribution in [0.4, 0.5) is 16.3 Å². The second-order valence-electron chi connectivity index (χ2n) is 8.18. The fourth-order valence-electron chi connectivity index (χ4n) is 4.97. The fraction of sp³-hybridized carbons (Fsp3) is 0.500. The topological polar surface area (TPSA) is 103 Å². The maximum atomic E-state index is 13.1. The molecule has 0 saturated heterocycles. The first kappa shape index (κ1) is 18.5. The highest BCUT2D eigenvalue weighted by atomic mass is 32.2. The van der Waals surface area contributed by atoms with Gasteiger partial charge >= 0.3 is 6.03 Å². The standard InChI is InChI=1S/C20H26N6O2S/c1-25-9-4-10-26-19(25)17(12-22-26)29(21,28)24-20(27)23-18-15-7-2-5-13(15)11-14-6-3-8-16(14)18/h11-12H,2-10H2,1H3,(H3,21,23,24,27,28). The van der Waals surface area contributed by atoms with Crippen molar-refractivity contribution in [2.75, 3.05) is 23.8 Å². The van der Waals surface area contributed by atoms with E-state index in [2.05, 4.69) is 21.2 Å². The molecule has 2 amide bonds. The molecule has 2 aromatic rings. The summed E-state index contributed by atoms with van der Waals surface area (Å²) < 4.78 is 25.7. The van der Waals surface area contributed by atoms with E-state index in [1.54, 1.807) is 4.68 Å². The quantitative estimate of drug-likeness (QED) is 0.718. The van der Waals surface area contributed by atoms with Crippen molar-refractivity contribution in [2.24, 2.45) is 0 Å². The number of hydrogen-bond donors (Lipinski definition) is 3. The highest BCUT2D eigenvalue weighted by Crippen LogP contribution is 2.38. The smallest absolute Gasteiger partial charge is 0.331 e. The molecule has 154 valence electrons. The summed E-state index contributed by atoms with van der Waals surface area (Å²) in [5.41, 5.74) is 5.94. The SMILES string of the molecule is CN1CCCn2ncc(S(=N)(=O)NC(=O)Nc3c4c(cc5c3CCC5)CCC4)c21. The zero-order chi connectivity index (χ0) is 20.2. The lowest BCUT2D eigenvalue weighted by Crippen LogP contribution is -2.36. The van der Waals surface area contributed by atoms with Gasteiger partial charge in [-0.25, -0.2) is 23.2 Å². The van der Waals surface area contributed by atoms with Gasteiger partial charge in [-0.2, -0.15) is 5.10 Å². The first-order valence-corrected chi connectivity index (χ1v) is 11.8. The Balaban J connectivity index is 1.42. The zero-order valence-corrected chi connectivity index (χ0v) is 17.4. The molecule has 2 aliphatic carbocycles. The van der Waals surface area contributed by atoms with Gasteiger partial charge in [0.2, 0.25) is 0 Å². The highest BCUT2D eigenvalue weighted by molar-refractivity contribution is 7.91. The van der Waals surface area contributed by atoms with Crippen LogP contribution in [0.2, 0.25) is 0 Å². The van der Waals surface area contributed by atoms with Gasteiger partial charge in [-0.3, -0.25) is 0 Å². The van der Waals surface area contributed by atoms with Gasteiger partial charge in [-0.05, 0) is 67.2 Å². The summed E-state index contributed by atoms with van der Waals surface area (Å²) >= 11 is 0. The molecule has 8 nitrogen and oxygen atoms in total. The van der Waals surface area contributed by atoms with Crippen molar-refractivity contribution in [3.8, 4) is 0 Å². The number of fused-ring (bicyclic) bond motifs is 3. The van der Waals surface area contributed by atoms with E-state index in [9.17, 15) is 9.00 Å². The highest BCUT2D eigenvalue weighted by Gasteiger charge is 2.29. The molecule has 3 N–H and O–H groups in total. The molecule has 0 radical (unpaired) electrons. The van der Waals surface area contributed by atoms with Gasteiger partial charge in [0.25, 0.3) is 0 Å². The summed E-state index contributed by atoms with van der Waals surface area (Å²) in [4.78, 5) is 15.0. The van der Waals surface area contributed by atoms with Crippen LogP contribution in [0.25, 0.3) is 0 Å². The third-order valence-corrected chi connectivity index (χ3v) is 7.64. The molecule has 0 fully saturated rings. The Kier molecular flexibility index (Phi) is 4.31. The van der Waals surface area contributed by atoms with E-state index in [-0.39, 0.29) is 4.90 Å². The Morgan fingerprint density at radius 1 is 1.10 bits per heavy atom. The van der Waals surface area contributed by atoms with Crippen LogP contribution in [0.1, 0.15) is 41.5 Å². The molecule has 1 aliphatic heterocycles. The molecule has 2 heterocycles. The molecule has 1 aromatic carbocycles. The fourth-order valence-corrected chi connectivity index (χ4v) is 6.10. The van der Waals surface area contributed by atoms with Crippen LogP contribution < -0.4 is 14.9 Å². The maximum absolute atomic E-state index is 13.1. The average molecular weight is 415 g/mol. The zero-order valence-electron chi connectivity index (χ0n) is 16.6. The number of nitrogens with zero attached hydrogens (tertiary/aromatic N) is 3. The summed E-state index contributed by atoms with van der Waals surface area (Å²) in [5.74, 6) is 0.651. The minimum atomic E-state index is -3.53. The van der Waals surface area contributed by atoms with Crippen LogP contribution >= 0.6 is 0 Å². The van der Waals surface area contributed by atoms with Crippen LogP contribution in [0, 0.1) is 4.78 Å². The Labute approximate surface area is 170 Å². The van der Waals surface area contributed by atoms with E-state index >= 15 is 0 Å². The molecule has 0 bridgehead atoms. The number of aromatic nitrogens is 2. The molecule has 1 aromatic heterocycles. The first-order chi connectivity index (χ1) is 13.9. The Bertz CT molecular complexity index is 1070. The summed E-state index contributed by atoms with van der Waals surface area (Å²) in [6.45, 7) is 1.53. The lowest BCUT2D eigenvalue weighted by atomic mass is 9.99. The van der Waals surface area contributed by atoms with Gasteiger partial charge in [0.1, 0.15) is 10.7 Å². The Morgan fingerprint density at radius 3 is 2.48 bits per heavy atom. The predicted octanol–water partition coefficient (Wildman–Crippen LogP) is 2.84. The van der Waals surface area contributed by atoms with E-state index in [1.807, 2.05) is 11.9 Å². The van der Waals surface area contributed by atoms with Crippen LogP contribution in [0.15, 0.2) is 17.2 Å². The molecular formula is C20H26N6O2S. The Morgan fingerprint density at radius 2 is 1.79 bits per heavy atom. The van der Waals surface area contributed by atoms with Crippen LogP contribution in [0.3, 0.4) is 0 Å². The van der Waals surface area contributed by atoms with Gasteiger partial charge in [0.15, 0.2) is 9.92 Å². The number of carbonyl (C=O) groups excluding carboxylic acids is 1. The molecule has 3 aliphatic rings. The lowest BCUT2D eigenvalue weighted by Gasteiger charge is -2.27. The molecule has 1 unspecified atom stereocenters. The van der Waals surface area contributed by atoms with Crippen molar-refractivity contribution < 1.29 is 9.00 Å². The van der Waals surface area contributed by atoms with E-state index in [0.29, 0.717) is 5.82 Å². The van der Waals surface area contributed by atoms with E-state index in [4.69, 9.17) is 4.78 Å². The van der Waals surface area contributed by atoms with E-state index in [0.717, 1.165) is 63.7 Å². The third kappa shape index (κ3) is 3.08. The van der Waals surface area contributed by atoms with Crippen molar-refractivity contribution in [2.45, 2.75) is 56.4 Å². The van der Waals surface area contributed by atoms with Crippen molar-refractivity contribution in [3.63, 3.8) is 0 Å². The second kappa shape index (κ2) is 6.76. The number of anilines is 2. The number of amides is 2. The monoisotopic (exact) mass is 414 g/mol. The van der Waals surface area contributed by atoms with Crippen molar-refractivity contribution >= 4 is 27.5 Å². The maximum Gasteiger partial charge on any atom is 0.331 e. The van der Waals surface area contributed by atoms with Crippen molar-refractivity contribution in [3.05, 3.63) is 34.5 Å². The van der Waals surface area contributed by atoms with Crippen LogP contribution in [-0.4, -0.2) is 33.6 Å². The third-order valence-electron chi connectivity index (χ3n) is 6.26. The number of nitrogens with one attached hydrogen (secondary N) is 3. The normalized spacial score (nSPS) is 19.3. The number of benzene rings is 1. The molecule has 5 rings (SSSR count). The average Bonchev–Trinajstić information content (AvgIpc) is 3.40. The molecular weight excluding hydrogens is 388 g/mol. The van der Waals surface area contributed by atoms with Gasteiger partial charge in [-0.1, -0.05) is 6.07 Å². The summed E-state index contributed by atoms with van der Waals surface area (Å²) in [6.07, 6.45) is 8.59. The molecule has 0 saturated carbocycles. The number of aryl methyl sites for hydroxylation is 3. The van der Waals surface area contributed by atoms with Gasteiger partial charge in [-0.15, -0.1) is 0 Å². The minimum Gasteiger partial charge on any atom is -0.359 e. The molecule has 9 heteroatoms. The second-order valence-corrected chi connectivity index (χ2v) is 9.93. The van der Waals surface area contributed by atoms with Gasteiger partial charge in [0.05, 0.1) is 6.20 Å². The van der Waals surface area contributed by atoms with Crippen LogP contribution in [-0.2, 0) is 42.1 Å².